The molecule has 0 bridgehead atoms. The molecule has 0 saturated heterocycles. The van der Waals surface area contributed by atoms with E-state index in [2.05, 4.69) is 31.2 Å². The van der Waals surface area contributed by atoms with Crippen molar-refractivity contribution in [2.45, 2.75) is 52.6 Å². The van der Waals surface area contributed by atoms with Crippen LogP contribution in [0.3, 0.4) is 0 Å². The highest BCUT2D eigenvalue weighted by molar-refractivity contribution is 7.99. The first kappa shape index (κ1) is 21.8. The fourth-order valence-corrected chi connectivity index (χ4v) is 3.02. The lowest BCUT2D eigenvalue weighted by Gasteiger charge is -2.27. The van der Waals surface area contributed by atoms with Gasteiger partial charge in [0.2, 0.25) is 0 Å². The minimum absolute atomic E-state index is 0.203. The molecule has 1 aromatic carbocycles. The van der Waals surface area contributed by atoms with Crippen LogP contribution in [0.2, 0.25) is 0 Å². The SMILES string of the molecule is CCc1ccc(CCN(CCCSCCO)C(=O)OC(C)(C)C)cc1. The third-order valence-electron chi connectivity index (χ3n) is 3.71. The van der Waals surface area contributed by atoms with Crippen LogP contribution < -0.4 is 0 Å². The molecular formula is C20H33NO3S. The van der Waals surface area contributed by atoms with Crippen LogP contribution in [0.25, 0.3) is 0 Å². The van der Waals surface area contributed by atoms with Crippen LogP contribution in [-0.2, 0) is 17.6 Å². The van der Waals surface area contributed by atoms with Gasteiger partial charge in [-0.1, -0.05) is 31.2 Å². The Kier molecular flexibility index (Phi) is 9.98. The molecule has 1 aromatic rings. The van der Waals surface area contributed by atoms with E-state index < -0.39 is 5.60 Å². The largest absolute Gasteiger partial charge is 0.444 e. The van der Waals surface area contributed by atoms with E-state index in [1.54, 1.807) is 16.7 Å². The number of aliphatic hydroxyl groups is 1. The number of hydrogen-bond donors (Lipinski definition) is 1. The Labute approximate surface area is 156 Å². The van der Waals surface area contributed by atoms with E-state index in [9.17, 15) is 4.79 Å². The van der Waals surface area contributed by atoms with Gasteiger partial charge in [0.1, 0.15) is 5.60 Å². The fraction of sp³-hybridized carbons (Fsp3) is 0.650. The Bertz CT molecular complexity index is 497. The van der Waals surface area contributed by atoms with Crippen molar-refractivity contribution in [3.63, 3.8) is 0 Å². The number of amides is 1. The zero-order valence-corrected chi connectivity index (χ0v) is 16.9. The minimum Gasteiger partial charge on any atom is -0.444 e. The normalized spacial score (nSPS) is 11.4. The van der Waals surface area contributed by atoms with Crippen molar-refractivity contribution >= 4 is 17.9 Å². The number of aliphatic hydroxyl groups excluding tert-OH is 1. The Hall–Kier alpha value is -1.20. The molecule has 0 aliphatic rings. The lowest BCUT2D eigenvalue weighted by molar-refractivity contribution is 0.0252. The third kappa shape index (κ3) is 9.75. The van der Waals surface area contributed by atoms with Gasteiger partial charge in [-0.15, -0.1) is 0 Å². The number of nitrogens with zero attached hydrogens (tertiary/aromatic N) is 1. The van der Waals surface area contributed by atoms with Gasteiger partial charge in [-0.05, 0) is 56.9 Å². The number of rotatable bonds is 10. The summed E-state index contributed by atoms with van der Waals surface area (Å²) in [5, 5.41) is 8.83. The molecule has 1 N–H and O–H groups in total. The predicted octanol–water partition coefficient (Wildman–Crippen LogP) is 4.14. The van der Waals surface area contributed by atoms with E-state index in [-0.39, 0.29) is 12.7 Å². The summed E-state index contributed by atoms with van der Waals surface area (Å²) >= 11 is 1.71. The molecule has 0 fully saturated rings. The molecule has 0 saturated carbocycles. The number of aryl methyl sites for hydroxylation is 1. The van der Waals surface area contributed by atoms with E-state index >= 15 is 0 Å². The summed E-state index contributed by atoms with van der Waals surface area (Å²) < 4.78 is 5.54. The van der Waals surface area contributed by atoms with Crippen molar-refractivity contribution in [2.24, 2.45) is 0 Å². The summed E-state index contributed by atoms with van der Waals surface area (Å²) in [7, 11) is 0. The number of thioether (sulfide) groups is 1. The number of carbonyl (C=O) groups is 1. The van der Waals surface area contributed by atoms with Crippen LogP contribution in [-0.4, -0.2) is 52.9 Å². The van der Waals surface area contributed by atoms with Crippen LogP contribution in [0.1, 0.15) is 45.2 Å². The molecule has 142 valence electrons. The van der Waals surface area contributed by atoms with Crippen LogP contribution >= 0.6 is 11.8 Å². The van der Waals surface area contributed by atoms with Crippen LogP contribution in [0, 0.1) is 0 Å². The second kappa shape index (κ2) is 11.4. The summed E-state index contributed by atoms with van der Waals surface area (Å²) in [4.78, 5) is 14.3. The molecule has 0 unspecified atom stereocenters. The van der Waals surface area contributed by atoms with Gasteiger partial charge in [0.05, 0.1) is 6.61 Å². The van der Waals surface area contributed by atoms with E-state index in [0.29, 0.717) is 13.1 Å². The Balaban J connectivity index is 2.57. The Morgan fingerprint density at radius 2 is 1.76 bits per heavy atom. The zero-order valence-electron chi connectivity index (χ0n) is 16.1. The average Bonchev–Trinajstić information content (AvgIpc) is 2.56. The van der Waals surface area contributed by atoms with E-state index in [1.807, 2.05) is 20.8 Å². The van der Waals surface area contributed by atoms with Gasteiger partial charge < -0.3 is 14.7 Å². The standard InChI is InChI=1S/C20H33NO3S/c1-5-17-7-9-18(10-8-17)11-13-21(12-6-15-25-16-14-22)19(23)24-20(2,3)4/h7-10,22H,5-6,11-16H2,1-4H3. The molecule has 0 radical (unpaired) electrons. The van der Waals surface area contributed by atoms with Crippen molar-refractivity contribution in [2.75, 3.05) is 31.2 Å². The second-order valence-corrected chi connectivity index (χ2v) is 8.30. The maximum atomic E-state index is 12.5. The molecule has 0 atom stereocenters. The topological polar surface area (TPSA) is 49.8 Å². The van der Waals surface area contributed by atoms with Crippen molar-refractivity contribution in [1.82, 2.24) is 4.90 Å². The van der Waals surface area contributed by atoms with Crippen LogP contribution in [0.15, 0.2) is 24.3 Å². The van der Waals surface area contributed by atoms with E-state index in [1.165, 1.54) is 11.1 Å². The van der Waals surface area contributed by atoms with Crippen molar-refractivity contribution in [3.05, 3.63) is 35.4 Å². The van der Waals surface area contributed by atoms with Gasteiger partial charge in [-0.2, -0.15) is 11.8 Å². The van der Waals surface area contributed by atoms with E-state index in [4.69, 9.17) is 9.84 Å². The summed E-state index contributed by atoms with van der Waals surface area (Å²) in [5.41, 5.74) is 2.08. The molecular weight excluding hydrogens is 334 g/mol. The highest BCUT2D eigenvalue weighted by Gasteiger charge is 2.21. The molecule has 0 aromatic heterocycles. The summed E-state index contributed by atoms with van der Waals surface area (Å²) in [6, 6.07) is 8.59. The number of carbonyl (C=O) groups excluding carboxylic acids is 1. The molecule has 25 heavy (non-hydrogen) atoms. The average molecular weight is 368 g/mol. The summed E-state index contributed by atoms with van der Waals surface area (Å²) in [6.07, 6.45) is 2.52. The first-order valence-corrected chi connectivity index (χ1v) is 10.3. The minimum atomic E-state index is -0.482. The smallest absolute Gasteiger partial charge is 0.410 e. The molecule has 0 spiro atoms. The first-order valence-electron chi connectivity index (χ1n) is 9.10. The van der Waals surface area contributed by atoms with Gasteiger partial charge in [-0.25, -0.2) is 4.79 Å². The maximum Gasteiger partial charge on any atom is 0.410 e. The quantitative estimate of drug-likeness (QED) is 0.631. The molecule has 1 rings (SSSR count). The van der Waals surface area contributed by atoms with E-state index in [0.717, 1.165) is 30.8 Å². The molecule has 1 amide bonds. The van der Waals surface area contributed by atoms with Crippen LogP contribution in [0.5, 0.6) is 0 Å². The molecule has 0 aliphatic carbocycles. The van der Waals surface area contributed by atoms with Crippen molar-refractivity contribution in [3.8, 4) is 0 Å². The van der Waals surface area contributed by atoms with Gasteiger partial charge in [0.15, 0.2) is 0 Å². The number of hydrogen-bond acceptors (Lipinski definition) is 4. The van der Waals surface area contributed by atoms with Gasteiger partial charge in [0, 0.05) is 18.8 Å². The highest BCUT2D eigenvalue weighted by atomic mass is 32.2. The lowest BCUT2D eigenvalue weighted by Crippen LogP contribution is -2.38. The third-order valence-corrected chi connectivity index (χ3v) is 4.75. The monoisotopic (exact) mass is 367 g/mol. The Morgan fingerprint density at radius 3 is 2.32 bits per heavy atom. The number of benzene rings is 1. The molecule has 0 aliphatic heterocycles. The molecule has 4 nitrogen and oxygen atoms in total. The zero-order chi connectivity index (χ0) is 18.7. The van der Waals surface area contributed by atoms with Crippen molar-refractivity contribution < 1.29 is 14.6 Å². The van der Waals surface area contributed by atoms with Crippen LogP contribution in [0.4, 0.5) is 4.79 Å². The Morgan fingerprint density at radius 1 is 1.12 bits per heavy atom. The number of ether oxygens (including phenoxy) is 1. The highest BCUT2D eigenvalue weighted by Crippen LogP contribution is 2.13. The van der Waals surface area contributed by atoms with Gasteiger partial charge in [-0.3, -0.25) is 0 Å². The summed E-state index contributed by atoms with van der Waals surface area (Å²) in [5.74, 6) is 1.68. The molecule has 5 heteroatoms. The fourth-order valence-electron chi connectivity index (χ4n) is 2.35. The first-order chi connectivity index (χ1) is 11.9. The maximum absolute atomic E-state index is 12.5. The van der Waals surface area contributed by atoms with Gasteiger partial charge in [0.25, 0.3) is 0 Å². The van der Waals surface area contributed by atoms with Gasteiger partial charge >= 0.3 is 6.09 Å². The predicted molar refractivity (Wildman–Crippen MR) is 106 cm³/mol. The van der Waals surface area contributed by atoms with Crippen molar-refractivity contribution in [1.29, 1.82) is 0 Å². The lowest BCUT2D eigenvalue weighted by atomic mass is 10.1. The summed E-state index contributed by atoms with van der Waals surface area (Å²) in [6.45, 7) is 9.37. The second-order valence-electron chi connectivity index (χ2n) is 7.08. The molecule has 0 heterocycles.